The molecule has 0 radical (unpaired) electrons. The number of halogens is 8. The minimum absolute atomic E-state index is 0.00496. The van der Waals surface area contributed by atoms with Crippen LogP contribution in [-0.4, -0.2) is 35.5 Å². The fourth-order valence-electron chi connectivity index (χ4n) is 4.89. The lowest BCUT2D eigenvalue weighted by Gasteiger charge is -2.29. The number of hydrogen-bond acceptors (Lipinski definition) is 3. The number of amides is 1. The van der Waals surface area contributed by atoms with Gasteiger partial charge < -0.3 is 15.4 Å². The van der Waals surface area contributed by atoms with Gasteiger partial charge in [0, 0.05) is 29.9 Å². The second-order valence-corrected chi connectivity index (χ2v) is 9.16. The number of ether oxygens (including phenoxy) is 1. The Balaban J connectivity index is 1.71. The van der Waals surface area contributed by atoms with E-state index in [0.717, 1.165) is 12.1 Å². The van der Waals surface area contributed by atoms with Crippen molar-refractivity contribution in [3.63, 3.8) is 0 Å². The molecular formula is C23H20ClF7N2O2. The Morgan fingerprint density at radius 3 is 2.20 bits per heavy atom. The average molecular weight is 525 g/mol. The summed E-state index contributed by atoms with van der Waals surface area (Å²) in [6, 6.07) is 3.71. The third-order valence-electron chi connectivity index (χ3n) is 6.45. The molecule has 2 saturated heterocycles. The van der Waals surface area contributed by atoms with Gasteiger partial charge >= 0.3 is 12.4 Å². The largest absolute Gasteiger partial charge is 0.416 e. The number of hydrogen-bond donors (Lipinski definition) is 1. The van der Waals surface area contributed by atoms with Gasteiger partial charge in [0.05, 0.1) is 29.4 Å². The topological polar surface area (TPSA) is 55.6 Å². The van der Waals surface area contributed by atoms with Crippen molar-refractivity contribution in [2.24, 2.45) is 5.73 Å². The maximum absolute atomic E-state index is 13.6. The normalized spacial score (nSPS) is 25.8. The van der Waals surface area contributed by atoms with Crippen LogP contribution in [0.5, 0.6) is 0 Å². The summed E-state index contributed by atoms with van der Waals surface area (Å²) in [6.45, 7) is 1.33. The standard InChI is InChI=1S/C23H20ClF7N2O2/c1-10(11-4-12(22(26,27)28)6-13(5-11)23(29,30)31)35-18-9-33-19(34)8-17(32)21(33)20(18)15-3-2-14(25)7-16(15)24/h2-7,10,17-18,20-21H,8-9,32H2,1H3/t10-,17?,18+,20-,21+/m1/s1. The summed E-state index contributed by atoms with van der Waals surface area (Å²) >= 11 is 6.26. The van der Waals surface area contributed by atoms with E-state index in [1.165, 1.54) is 17.9 Å². The Morgan fingerprint density at radius 1 is 1.06 bits per heavy atom. The molecule has 1 amide bonds. The minimum Gasteiger partial charge on any atom is -0.368 e. The van der Waals surface area contributed by atoms with Crippen LogP contribution in [0.3, 0.4) is 0 Å². The van der Waals surface area contributed by atoms with Gasteiger partial charge in [-0.05, 0) is 48.4 Å². The van der Waals surface area contributed by atoms with Crippen molar-refractivity contribution in [3.8, 4) is 0 Å². The van der Waals surface area contributed by atoms with Gasteiger partial charge in [0.1, 0.15) is 5.82 Å². The predicted molar refractivity (Wildman–Crippen MR) is 112 cm³/mol. The molecule has 2 heterocycles. The van der Waals surface area contributed by atoms with Crippen molar-refractivity contribution in [1.29, 1.82) is 0 Å². The van der Waals surface area contributed by atoms with E-state index < -0.39 is 59.5 Å². The predicted octanol–water partition coefficient (Wildman–Crippen LogP) is 5.69. The van der Waals surface area contributed by atoms with Crippen molar-refractivity contribution in [2.75, 3.05) is 6.54 Å². The Bertz CT molecular complexity index is 1110. The van der Waals surface area contributed by atoms with E-state index in [9.17, 15) is 35.5 Å². The monoisotopic (exact) mass is 524 g/mol. The van der Waals surface area contributed by atoms with Crippen molar-refractivity contribution in [3.05, 3.63) is 69.5 Å². The fraction of sp³-hybridized carbons (Fsp3) is 0.435. The van der Waals surface area contributed by atoms with Crippen LogP contribution in [0.1, 0.15) is 47.6 Å². The molecule has 0 aromatic heterocycles. The van der Waals surface area contributed by atoms with Gasteiger partial charge in [0.15, 0.2) is 0 Å². The molecule has 2 aliphatic rings. The van der Waals surface area contributed by atoms with Crippen molar-refractivity contribution >= 4 is 17.5 Å². The molecule has 190 valence electrons. The van der Waals surface area contributed by atoms with Gasteiger partial charge in [-0.3, -0.25) is 4.79 Å². The van der Waals surface area contributed by atoms with Crippen LogP contribution in [0.25, 0.3) is 0 Å². The zero-order chi connectivity index (χ0) is 25.9. The minimum atomic E-state index is -5.00. The van der Waals surface area contributed by atoms with E-state index in [0.29, 0.717) is 17.7 Å². The highest BCUT2D eigenvalue weighted by Crippen LogP contribution is 2.45. The lowest BCUT2D eigenvalue weighted by Crippen LogP contribution is -2.39. The molecule has 0 aliphatic carbocycles. The molecular weight excluding hydrogens is 505 g/mol. The SMILES string of the molecule is C[C@@H](O[C@H]1CN2C(=O)CC(N)[C@H]2[C@@H]1c1ccc(F)cc1Cl)c1cc(C(F)(F)F)cc(C(F)(F)F)c1. The third kappa shape index (κ3) is 4.99. The molecule has 2 N–H and O–H groups in total. The van der Waals surface area contributed by atoms with E-state index in [1.54, 1.807) is 0 Å². The van der Waals surface area contributed by atoms with Crippen LogP contribution in [0.15, 0.2) is 36.4 Å². The van der Waals surface area contributed by atoms with Gasteiger partial charge in [-0.25, -0.2) is 4.39 Å². The summed E-state index contributed by atoms with van der Waals surface area (Å²) < 4.78 is 99.4. The Morgan fingerprint density at radius 2 is 1.66 bits per heavy atom. The fourth-order valence-corrected chi connectivity index (χ4v) is 5.18. The highest BCUT2D eigenvalue weighted by Gasteiger charge is 2.53. The van der Waals surface area contributed by atoms with Crippen LogP contribution >= 0.6 is 11.6 Å². The Labute approximate surface area is 200 Å². The molecule has 2 aromatic carbocycles. The molecule has 2 aliphatic heterocycles. The summed E-state index contributed by atoms with van der Waals surface area (Å²) in [5.41, 5.74) is 3.34. The summed E-state index contributed by atoms with van der Waals surface area (Å²) in [7, 11) is 0. The number of fused-ring (bicyclic) bond motifs is 1. The van der Waals surface area contributed by atoms with Crippen LogP contribution in [0, 0.1) is 5.82 Å². The molecule has 4 rings (SSSR count). The maximum atomic E-state index is 13.6. The first-order valence-corrected chi connectivity index (χ1v) is 11.0. The quantitative estimate of drug-likeness (QED) is 0.523. The zero-order valence-corrected chi connectivity index (χ0v) is 18.9. The number of carbonyl (C=O) groups is 1. The van der Waals surface area contributed by atoms with E-state index >= 15 is 0 Å². The average Bonchev–Trinajstić information content (AvgIpc) is 3.23. The number of rotatable bonds is 4. The third-order valence-corrected chi connectivity index (χ3v) is 6.78. The highest BCUT2D eigenvalue weighted by atomic mass is 35.5. The van der Waals surface area contributed by atoms with Gasteiger partial charge in [-0.1, -0.05) is 17.7 Å². The molecule has 2 aromatic rings. The van der Waals surface area contributed by atoms with E-state index in [2.05, 4.69) is 0 Å². The summed E-state index contributed by atoms with van der Waals surface area (Å²) in [6.07, 6.45) is -12.0. The molecule has 0 saturated carbocycles. The van der Waals surface area contributed by atoms with Crippen LogP contribution in [0.4, 0.5) is 30.7 Å². The first-order chi connectivity index (χ1) is 16.2. The highest BCUT2D eigenvalue weighted by molar-refractivity contribution is 6.31. The van der Waals surface area contributed by atoms with E-state index in [4.69, 9.17) is 22.1 Å². The zero-order valence-electron chi connectivity index (χ0n) is 18.1. The van der Waals surface area contributed by atoms with E-state index in [1.807, 2.05) is 0 Å². The Hall–Kier alpha value is -2.37. The molecule has 1 unspecified atom stereocenters. The smallest absolute Gasteiger partial charge is 0.368 e. The molecule has 2 fully saturated rings. The lowest BCUT2D eigenvalue weighted by atomic mass is 9.86. The van der Waals surface area contributed by atoms with Crippen LogP contribution in [0.2, 0.25) is 5.02 Å². The molecule has 4 nitrogen and oxygen atoms in total. The summed E-state index contributed by atoms with van der Waals surface area (Å²) in [5.74, 6) is -1.53. The maximum Gasteiger partial charge on any atom is 0.416 e. The van der Waals surface area contributed by atoms with E-state index in [-0.39, 0.29) is 35.5 Å². The molecule has 5 atom stereocenters. The van der Waals surface area contributed by atoms with Crippen molar-refractivity contribution in [1.82, 2.24) is 4.90 Å². The van der Waals surface area contributed by atoms with Crippen LogP contribution < -0.4 is 5.73 Å². The molecule has 0 spiro atoms. The number of benzene rings is 2. The molecule has 35 heavy (non-hydrogen) atoms. The first kappa shape index (κ1) is 25.7. The molecule has 12 heteroatoms. The second-order valence-electron chi connectivity index (χ2n) is 8.75. The lowest BCUT2D eigenvalue weighted by molar-refractivity contribution is -0.143. The number of nitrogens with two attached hydrogens (primary N) is 1. The second kappa shape index (κ2) is 8.94. The van der Waals surface area contributed by atoms with Gasteiger partial charge in [0.25, 0.3) is 0 Å². The first-order valence-electron chi connectivity index (χ1n) is 10.6. The van der Waals surface area contributed by atoms with Gasteiger partial charge in [-0.15, -0.1) is 0 Å². The summed E-state index contributed by atoms with van der Waals surface area (Å²) in [5, 5.41) is 0.0445. The Kier molecular flexibility index (Phi) is 6.56. The van der Waals surface area contributed by atoms with Gasteiger partial charge in [-0.2, -0.15) is 26.3 Å². The number of carbonyl (C=O) groups excluding carboxylic acids is 1. The van der Waals surface area contributed by atoms with Gasteiger partial charge in [0.2, 0.25) is 5.91 Å². The van der Waals surface area contributed by atoms with Crippen LogP contribution in [-0.2, 0) is 21.9 Å². The van der Waals surface area contributed by atoms with Crippen molar-refractivity contribution in [2.45, 2.75) is 55.9 Å². The number of alkyl halides is 6. The van der Waals surface area contributed by atoms with Crippen molar-refractivity contribution < 1.29 is 40.3 Å². The number of nitrogens with zero attached hydrogens (tertiary/aromatic N) is 1. The molecule has 0 bridgehead atoms. The summed E-state index contributed by atoms with van der Waals surface area (Å²) in [4.78, 5) is 13.9.